The van der Waals surface area contributed by atoms with Crippen molar-refractivity contribution in [2.24, 2.45) is 0 Å². The number of halogens is 5. The van der Waals surface area contributed by atoms with Gasteiger partial charge in [-0.05, 0) is 24.6 Å². The second-order valence-corrected chi connectivity index (χ2v) is 7.16. The molecule has 148 valence electrons. The number of nitrogens with zero attached hydrogens (tertiary/aromatic N) is 4. The van der Waals surface area contributed by atoms with Crippen LogP contribution in [0.3, 0.4) is 0 Å². The number of hydrogen-bond donors (Lipinski definition) is 1. The maximum absolute atomic E-state index is 12.8. The second-order valence-electron chi connectivity index (χ2n) is 5.97. The van der Waals surface area contributed by atoms with E-state index in [2.05, 4.69) is 15.5 Å². The third-order valence-corrected chi connectivity index (χ3v) is 5.11. The molecule has 0 saturated heterocycles. The molecule has 0 spiro atoms. The van der Waals surface area contributed by atoms with Crippen LogP contribution in [0.25, 0.3) is 0 Å². The lowest BCUT2D eigenvalue weighted by Crippen LogP contribution is -2.20. The van der Waals surface area contributed by atoms with Crippen molar-refractivity contribution < 1.29 is 13.6 Å². The van der Waals surface area contributed by atoms with Crippen LogP contribution >= 0.6 is 34.8 Å². The standard InChI is InChI=1S/C17H14Cl3F2N5O/c1-9-15(20)16(17(21)22)25-27(9)8-14(28)24-11-5-23-26(7-11)6-10-2-3-12(18)13(19)4-10/h2-5,7,17H,6,8H2,1H3,(H,24,28). The highest BCUT2D eigenvalue weighted by Crippen LogP contribution is 2.28. The van der Waals surface area contributed by atoms with Crippen LogP contribution in [0.4, 0.5) is 14.5 Å². The largest absolute Gasteiger partial charge is 0.322 e. The minimum absolute atomic E-state index is 0.141. The Morgan fingerprint density at radius 1 is 1.25 bits per heavy atom. The Kier molecular flexibility index (Phi) is 6.22. The molecule has 0 saturated carbocycles. The zero-order valence-corrected chi connectivity index (χ0v) is 16.7. The van der Waals surface area contributed by atoms with Crippen molar-refractivity contribution in [3.63, 3.8) is 0 Å². The number of anilines is 1. The Bertz CT molecular complexity index is 1020. The molecule has 6 nitrogen and oxygen atoms in total. The number of nitrogens with one attached hydrogen (secondary N) is 1. The molecule has 0 fully saturated rings. The summed E-state index contributed by atoms with van der Waals surface area (Å²) in [4.78, 5) is 12.2. The van der Waals surface area contributed by atoms with Gasteiger partial charge in [0.25, 0.3) is 6.43 Å². The van der Waals surface area contributed by atoms with Crippen LogP contribution < -0.4 is 5.32 Å². The molecule has 0 atom stereocenters. The molecule has 1 amide bonds. The van der Waals surface area contributed by atoms with Crippen molar-refractivity contribution in [1.29, 1.82) is 0 Å². The first kappa shape index (κ1) is 20.6. The number of rotatable bonds is 6. The molecule has 0 aliphatic heterocycles. The highest BCUT2D eigenvalue weighted by molar-refractivity contribution is 6.42. The lowest BCUT2D eigenvalue weighted by atomic mass is 10.2. The fourth-order valence-corrected chi connectivity index (χ4v) is 3.06. The highest BCUT2D eigenvalue weighted by Gasteiger charge is 2.21. The van der Waals surface area contributed by atoms with E-state index in [1.165, 1.54) is 13.1 Å². The summed E-state index contributed by atoms with van der Waals surface area (Å²) in [5.41, 5.74) is 1.09. The lowest BCUT2D eigenvalue weighted by Gasteiger charge is -2.05. The number of carbonyl (C=O) groups excluding carboxylic acids is 1. The fourth-order valence-electron chi connectivity index (χ4n) is 2.52. The SMILES string of the molecule is Cc1c(Cl)c(C(F)F)nn1CC(=O)Nc1cnn(Cc2ccc(Cl)c(Cl)c2)c1. The van der Waals surface area contributed by atoms with Gasteiger partial charge in [0.15, 0.2) is 0 Å². The van der Waals surface area contributed by atoms with Gasteiger partial charge in [-0.2, -0.15) is 10.2 Å². The molecular weight excluding hydrogens is 435 g/mol. The maximum Gasteiger partial charge on any atom is 0.283 e. The minimum atomic E-state index is -2.81. The summed E-state index contributed by atoms with van der Waals surface area (Å²) in [6.45, 7) is 1.69. The molecule has 2 heterocycles. The van der Waals surface area contributed by atoms with Crippen molar-refractivity contribution in [2.45, 2.75) is 26.4 Å². The first-order valence-electron chi connectivity index (χ1n) is 8.01. The Labute approximate surface area is 174 Å². The van der Waals surface area contributed by atoms with E-state index in [4.69, 9.17) is 34.8 Å². The average Bonchev–Trinajstić information content (AvgIpc) is 3.17. The second kappa shape index (κ2) is 8.46. The van der Waals surface area contributed by atoms with Gasteiger partial charge in [0.1, 0.15) is 12.2 Å². The van der Waals surface area contributed by atoms with Crippen molar-refractivity contribution in [3.05, 3.63) is 62.6 Å². The van der Waals surface area contributed by atoms with Crippen LogP contribution in [0.15, 0.2) is 30.6 Å². The zero-order chi connectivity index (χ0) is 20.4. The molecule has 3 aromatic rings. The van der Waals surface area contributed by atoms with E-state index in [1.807, 2.05) is 6.07 Å². The minimum Gasteiger partial charge on any atom is -0.322 e. The van der Waals surface area contributed by atoms with Gasteiger partial charge in [-0.3, -0.25) is 14.2 Å². The molecule has 1 N–H and O–H groups in total. The summed E-state index contributed by atoms with van der Waals surface area (Å²) in [5.74, 6) is -0.447. The van der Waals surface area contributed by atoms with Crippen LogP contribution in [-0.2, 0) is 17.9 Å². The Morgan fingerprint density at radius 3 is 2.64 bits per heavy atom. The summed E-state index contributed by atoms with van der Waals surface area (Å²) < 4.78 is 28.4. The van der Waals surface area contributed by atoms with Crippen molar-refractivity contribution >= 4 is 46.4 Å². The van der Waals surface area contributed by atoms with Gasteiger partial charge in [0.05, 0.1) is 39.2 Å². The molecule has 0 bridgehead atoms. The molecule has 0 radical (unpaired) electrons. The van der Waals surface area contributed by atoms with E-state index in [0.29, 0.717) is 28.0 Å². The molecule has 0 unspecified atom stereocenters. The monoisotopic (exact) mass is 447 g/mol. The number of benzene rings is 1. The summed E-state index contributed by atoms with van der Waals surface area (Å²) in [6, 6.07) is 5.24. The normalized spacial score (nSPS) is 11.2. The Hall–Kier alpha value is -2.16. The summed E-state index contributed by atoms with van der Waals surface area (Å²) >= 11 is 17.7. The number of amides is 1. The highest BCUT2D eigenvalue weighted by atomic mass is 35.5. The van der Waals surface area contributed by atoms with Crippen molar-refractivity contribution in [3.8, 4) is 0 Å². The topological polar surface area (TPSA) is 64.7 Å². The fraction of sp³-hybridized carbons (Fsp3) is 0.235. The first-order chi connectivity index (χ1) is 13.2. The van der Waals surface area contributed by atoms with Crippen LogP contribution in [0.1, 0.15) is 23.4 Å². The Morgan fingerprint density at radius 2 is 2.00 bits per heavy atom. The van der Waals surface area contributed by atoms with E-state index in [9.17, 15) is 13.6 Å². The zero-order valence-electron chi connectivity index (χ0n) is 14.5. The van der Waals surface area contributed by atoms with E-state index in [0.717, 1.165) is 10.2 Å². The molecule has 3 rings (SSSR count). The average molecular weight is 449 g/mol. The quantitative estimate of drug-likeness (QED) is 0.579. The van der Waals surface area contributed by atoms with Gasteiger partial charge in [-0.15, -0.1) is 0 Å². The van der Waals surface area contributed by atoms with Crippen molar-refractivity contribution in [2.75, 3.05) is 5.32 Å². The van der Waals surface area contributed by atoms with Crippen LogP contribution in [-0.4, -0.2) is 25.5 Å². The molecule has 28 heavy (non-hydrogen) atoms. The lowest BCUT2D eigenvalue weighted by molar-refractivity contribution is -0.117. The van der Waals surface area contributed by atoms with Gasteiger partial charge >= 0.3 is 0 Å². The molecule has 0 aliphatic rings. The molecule has 11 heteroatoms. The number of carbonyl (C=O) groups is 1. The van der Waals surface area contributed by atoms with Crippen LogP contribution in [0, 0.1) is 6.92 Å². The first-order valence-corrected chi connectivity index (χ1v) is 9.15. The predicted molar refractivity (Wildman–Crippen MR) is 103 cm³/mol. The van der Waals surface area contributed by atoms with Gasteiger partial charge < -0.3 is 5.32 Å². The van der Waals surface area contributed by atoms with Gasteiger partial charge in [0.2, 0.25) is 5.91 Å². The predicted octanol–water partition coefficient (Wildman–Crippen LogP) is 4.97. The summed E-state index contributed by atoms with van der Waals surface area (Å²) in [6.07, 6.45) is 0.298. The van der Waals surface area contributed by atoms with Gasteiger partial charge in [-0.1, -0.05) is 40.9 Å². The smallest absolute Gasteiger partial charge is 0.283 e. The number of hydrogen-bond acceptors (Lipinski definition) is 3. The third kappa shape index (κ3) is 4.63. The summed E-state index contributed by atoms with van der Waals surface area (Å²) in [5, 5.41) is 11.3. The molecule has 2 aromatic heterocycles. The summed E-state index contributed by atoms with van der Waals surface area (Å²) in [7, 11) is 0. The Balaban J connectivity index is 1.64. The van der Waals surface area contributed by atoms with Crippen LogP contribution in [0.2, 0.25) is 15.1 Å². The van der Waals surface area contributed by atoms with Gasteiger partial charge in [0, 0.05) is 6.20 Å². The maximum atomic E-state index is 12.8. The van der Waals surface area contributed by atoms with Crippen LogP contribution in [0.5, 0.6) is 0 Å². The molecule has 1 aromatic carbocycles. The van der Waals surface area contributed by atoms with E-state index >= 15 is 0 Å². The molecule has 0 aliphatic carbocycles. The molecular formula is C17H14Cl3F2N5O. The number of aromatic nitrogens is 4. The van der Waals surface area contributed by atoms with E-state index in [-0.39, 0.29) is 11.6 Å². The van der Waals surface area contributed by atoms with E-state index < -0.39 is 18.0 Å². The third-order valence-electron chi connectivity index (χ3n) is 3.90. The van der Waals surface area contributed by atoms with Crippen molar-refractivity contribution in [1.82, 2.24) is 19.6 Å². The van der Waals surface area contributed by atoms with E-state index in [1.54, 1.807) is 23.0 Å². The number of alkyl halides is 2. The van der Waals surface area contributed by atoms with Gasteiger partial charge in [-0.25, -0.2) is 8.78 Å².